The lowest BCUT2D eigenvalue weighted by Crippen LogP contribution is -2.40. The van der Waals surface area contributed by atoms with Crippen molar-refractivity contribution in [2.45, 2.75) is 13.3 Å². The van der Waals surface area contributed by atoms with Crippen LogP contribution in [0.3, 0.4) is 0 Å². The summed E-state index contributed by atoms with van der Waals surface area (Å²) in [6.07, 6.45) is -0.107. The normalized spacial score (nSPS) is 17.3. The lowest BCUT2D eigenvalue weighted by Gasteiger charge is -2.25. The Morgan fingerprint density at radius 3 is 2.43 bits per heavy atom. The summed E-state index contributed by atoms with van der Waals surface area (Å²) >= 11 is 0. The van der Waals surface area contributed by atoms with Gasteiger partial charge in [-0.15, -0.1) is 0 Å². The van der Waals surface area contributed by atoms with Crippen molar-refractivity contribution < 1.29 is 23.9 Å². The van der Waals surface area contributed by atoms with E-state index >= 15 is 0 Å². The van der Waals surface area contributed by atoms with Crippen LogP contribution in [0.5, 0.6) is 5.75 Å². The van der Waals surface area contributed by atoms with Gasteiger partial charge in [0.05, 0.1) is 25.7 Å². The van der Waals surface area contributed by atoms with Gasteiger partial charge in [0.25, 0.3) is 0 Å². The van der Waals surface area contributed by atoms with Crippen molar-refractivity contribution in [3.63, 3.8) is 0 Å². The number of ether oxygens (including phenoxy) is 2. The number of nitrogens with one attached hydrogen (secondary N) is 2. The first-order valence-corrected chi connectivity index (χ1v) is 7.00. The summed E-state index contributed by atoms with van der Waals surface area (Å²) < 4.78 is 9.76. The average Bonchev–Trinajstić information content (AvgIpc) is 2.54. The lowest BCUT2D eigenvalue weighted by molar-refractivity contribution is -0.139. The largest absolute Gasteiger partial charge is 0.497 e. The van der Waals surface area contributed by atoms with Gasteiger partial charge in [0, 0.05) is 17.8 Å². The SMILES string of the molecule is COC(=O)C1=C(C)NC(=O)C[C@H]1C(=O)Nc1ccc(OC)cc1. The van der Waals surface area contributed by atoms with Gasteiger partial charge in [-0.3, -0.25) is 9.59 Å². The van der Waals surface area contributed by atoms with E-state index in [2.05, 4.69) is 10.6 Å². The van der Waals surface area contributed by atoms with E-state index in [1.165, 1.54) is 7.11 Å². The molecule has 0 bridgehead atoms. The van der Waals surface area contributed by atoms with E-state index in [-0.39, 0.29) is 17.9 Å². The molecule has 1 heterocycles. The molecular weight excluding hydrogens is 300 g/mol. The maximum atomic E-state index is 12.5. The van der Waals surface area contributed by atoms with Crippen LogP contribution in [0.25, 0.3) is 0 Å². The van der Waals surface area contributed by atoms with Crippen molar-refractivity contribution in [2.75, 3.05) is 19.5 Å². The number of hydrogen-bond donors (Lipinski definition) is 2. The third-order valence-electron chi connectivity index (χ3n) is 3.55. The topological polar surface area (TPSA) is 93.7 Å². The maximum absolute atomic E-state index is 12.5. The highest BCUT2D eigenvalue weighted by Gasteiger charge is 2.36. The lowest BCUT2D eigenvalue weighted by atomic mass is 9.89. The average molecular weight is 318 g/mol. The van der Waals surface area contributed by atoms with E-state index in [9.17, 15) is 14.4 Å². The first-order valence-electron chi connectivity index (χ1n) is 7.00. The third kappa shape index (κ3) is 3.68. The molecule has 1 aliphatic rings. The molecule has 1 aromatic rings. The molecule has 2 N–H and O–H groups in total. The van der Waals surface area contributed by atoms with Crippen molar-refractivity contribution >= 4 is 23.5 Å². The number of carbonyl (C=O) groups is 3. The summed E-state index contributed by atoms with van der Waals surface area (Å²) in [7, 11) is 2.78. The third-order valence-corrected chi connectivity index (χ3v) is 3.55. The zero-order chi connectivity index (χ0) is 17.0. The number of methoxy groups -OCH3 is 2. The van der Waals surface area contributed by atoms with Crippen LogP contribution < -0.4 is 15.4 Å². The number of anilines is 1. The zero-order valence-electron chi connectivity index (χ0n) is 13.1. The van der Waals surface area contributed by atoms with Crippen LogP contribution in [-0.4, -0.2) is 32.0 Å². The Balaban J connectivity index is 2.22. The molecule has 0 saturated carbocycles. The Labute approximate surface area is 133 Å². The minimum Gasteiger partial charge on any atom is -0.497 e. The van der Waals surface area contributed by atoms with E-state index in [0.29, 0.717) is 17.1 Å². The number of allylic oxidation sites excluding steroid dienone is 1. The second kappa shape index (κ2) is 6.95. The molecular formula is C16H18N2O5. The number of rotatable bonds is 4. The minimum atomic E-state index is -0.890. The van der Waals surface area contributed by atoms with Gasteiger partial charge >= 0.3 is 5.97 Å². The van der Waals surface area contributed by atoms with Crippen LogP contribution in [0.1, 0.15) is 13.3 Å². The smallest absolute Gasteiger partial charge is 0.336 e. The first-order chi connectivity index (χ1) is 11.0. The van der Waals surface area contributed by atoms with Crippen LogP contribution in [0.2, 0.25) is 0 Å². The Kier molecular flexibility index (Phi) is 5.00. The zero-order valence-corrected chi connectivity index (χ0v) is 13.1. The summed E-state index contributed by atoms with van der Waals surface area (Å²) in [6.45, 7) is 1.57. The summed E-state index contributed by atoms with van der Waals surface area (Å²) in [5.41, 5.74) is 1.05. The summed E-state index contributed by atoms with van der Waals surface area (Å²) in [5, 5.41) is 5.25. The highest BCUT2D eigenvalue weighted by molar-refractivity contribution is 6.06. The van der Waals surface area contributed by atoms with Crippen LogP contribution in [-0.2, 0) is 19.1 Å². The second-order valence-electron chi connectivity index (χ2n) is 5.05. The molecule has 0 radical (unpaired) electrons. The summed E-state index contributed by atoms with van der Waals surface area (Å²) in [4.78, 5) is 36.1. The standard InChI is InChI=1S/C16H18N2O5/c1-9-14(16(21)23-3)12(8-13(19)17-9)15(20)18-10-4-6-11(22-2)7-5-10/h4-7,12H,8H2,1-3H3,(H,17,19)(H,18,20)/t12-/m1/s1. The molecule has 0 fully saturated rings. The fraction of sp³-hybridized carbons (Fsp3) is 0.312. The van der Waals surface area contributed by atoms with E-state index in [4.69, 9.17) is 9.47 Å². The molecule has 0 saturated heterocycles. The van der Waals surface area contributed by atoms with Gasteiger partial charge in [0.15, 0.2) is 0 Å². The Bertz CT molecular complexity index is 664. The van der Waals surface area contributed by atoms with Gasteiger partial charge in [-0.2, -0.15) is 0 Å². The molecule has 7 nitrogen and oxygen atoms in total. The number of carbonyl (C=O) groups excluding carboxylic acids is 3. The fourth-order valence-corrected chi connectivity index (χ4v) is 2.41. The monoisotopic (exact) mass is 318 g/mol. The minimum absolute atomic E-state index is 0.107. The molecule has 1 aromatic carbocycles. The Hall–Kier alpha value is -2.83. The van der Waals surface area contributed by atoms with Gasteiger partial charge in [0.1, 0.15) is 5.75 Å². The van der Waals surface area contributed by atoms with Crippen LogP contribution in [0.15, 0.2) is 35.5 Å². The van der Waals surface area contributed by atoms with Gasteiger partial charge in [-0.05, 0) is 31.2 Å². The van der Waals surface area contributed by atoms with Crippen molar-refractivity contribution in [1.82, 2.24) is 5.32 Å². The van der Waals surface area contributed by atoms with Gasteiger partial charge in [-0.1, -0.05) is 0 Å². The molecule has 2 rings (SSSR count). The van der Waals surface area contributed by atoms with E-state index in [1.54, 1.807) is 38.3 Å². The van der Waals surface area contributed by atoms with Crippen LogP contribution >= 0.6 is 0 Å². The van der Waals surface area contributed by atoms with E-state index in [1.807, 2.05) is 0 Å². The predicted octanol–water partition coefficient (Wildman–Crippen LogP) is 1.22. The molecule has 0 unspecified atom stereocenters. The van der Waals surface area contributed by atoms with Crippen molar-refractivity contribution in [2.24, 2.45) is 5.92 Å². The number of amides is 2. The van der Waals surface area contributed by atoms with Crippen molar-refractivity contribution in [1.29, 1.82) is 0 Å². The number of esters is 1. The Morgan fingerprint density at radius 2 is 1.87 bits per heavy atom. The molecule has 0 aliphatic carbocycles. The molecule has 0 spiro atoms. The fourth-order valence-electron chi connectivity index (χ4n) is 2.41. The Morgan fingerprint density at radius 1 is 1.22 bits per heavy atom. The van der Waals surface area contributed by atoms with E-state index in [0.717, 1.165) is 0 Å². The van der Waals surface area contributed by atoms with Crippen molar-refractivity contribution in [3.05, 3.63) is 35.5 Å². The summed E-state index contributed by atoms with van der Waals surface area (Å²) in [6, 6.07) is 6.75. The number of benzene rings is 1. The predicted molar refractivity (Wildman–Crippen MR) is 82.6 cm³/mol. The maximum Gasteiger partial charge on any atom is 0.336 e. The first kappa shape index (κ1) is 16.5. The van der Waals surface area contributed by atoms with Crippen LogP contribution in [0, 0.1) is 5.92 Å². The highest BCUT2D eigenvalue weighted by Crippen LogP contribution is 2.26. The number of hydrogen-bond acceptors (Lipinski definition) is 5. The van der Waals surface area contributed by atoms with Crippen LogP contribution in [0.4, 0.5) is 5.69 Å². The molecule has 1 aliphatic heterocycles. The highest BCUT2D eigenvalue weighted by atomic mass is 16.5. The second-order valence-corrected chi connectivity index (χ2v) is 5.05. The molecule has 122 valence electrons. The molecule has 2 amide bonds. The van der Waals surface area contributed by atoms with Gasteiger partial charge in [0.2, 0.25) is 11.8 Å². The van der Waals surface area contributed by atoms with Crippen molar-refractivity contribution in [3.8, 4) is 5.75 Å². The van der Waals surface area contributed by atoms with Gasteiger partial charge < -0.3 is 20.1 Å². The molecule has 1 atom stereocenters. The summed E-state index contributed by atoms with van der Waals surface area (Å²) in [5.74, 6) is -1.61. The quantitative estimate of drug-likeness (QED) is 0.814. The van der Waals surface area contributed by atoms with Gasteiger partial charge in [-0.25, -0.2) is 4.79 Å². The van der Waals surface area contributed by atoms with E-state index < -0.39 is 17.8 Å². The molecule has 0 aromatic heterocycles. The molecule has 23 heavy (non-hydrogen) atoms. The molecule has 7 heteroatoms.